The first-order valence-electron chi connectivity index (χ1n) is 8.11. The summed E-state index contributed by atoms with van der Waals surface area (Å²) >= 11 is 1.50. The predicted molar refractivity (Wildman–Crippen MR) is 99.2 cm³/mol. The predicted octanol–water partition coefficient (Wildman–Crippen LogP) is 0.470. The zero-order valence-corrected chi connectivity index (χ0v) is 15.9. The number of aliphatic hydroxyl groups is 2. The van der Waals surface area contributed by atoms with E-state index in [1.165, 1.54) is 22.2 Å². The third kappa shape index (κ3) is 3.45. The highest BCUT2D eigenvalue weighted by Gasteiger charge is 2.45. The Balaban J connectivity index is 1.73. The van der Waals surface area contributed by atoms with Crippen LogP contribution in [0.3, 0.4) is 0 Å². The summed E-state index contributed by atoms with van der Waals surface area (Å²) in [5.74, 6) is 0.249. The number of nitrogen functional groups attached to an aromatic ring is 1. The minimum atomic E-state index is -4.75. The van der Waals surface area contributed by atoms with Crippen LogP contribution in [0.5, 0.6) is 0 Å². The summed E-state index contributed by atoms with van der Waals surface area (Å²) < 4.78 is 22.5. The van der Waals surface area contributed by atoms with Gasteiger partial charge in [0.1, 0.15) is 36.1 Å². The molecule has 1 fully saturated rings. The lowest BCUT2D eigenvalue weighted by atomic mass is 10.1. The number of nitrogens with zero attached hydrogens (tertiary/aromatic N) is 3. The second-order valence-corrected chi connectivity index (χ2v) is 8.27. The van der Waals surface area contributed by atoms with Gasteiger partial charge in [-0.2, -0.15) is 11.3 Å². The molecule has 0 saturated carbocycles. The maximum Gasteiger partial charge on any atom is 0.469 e. The number of rotatable bonds is 5. The molecular weight excluding hydrogens is 411 g/mol. The second kappa shape index (κ2) is 7.17. The monoisotopic (exact) mass is 428 g/mol. The van der Waals surface area contributed by atoms with Crippen molar-refractivity contribution in [1.82, 2.24) is 14.5 Å². The average molecular weight is 428 g/mol. The zero-order valence-electron chi connectivity index (χ0n) is 14.2. The van der Waals surface area contributed by atoms with Crippen molar-refractivity contribution in [3.05, 3.63) is 29.4 Å². The third-order valence-electron chi connectivity index (χ3n) is 4.49. The van der Waals surface area contributed by atoms with Gasteiger partial charge in [-0.3, -0.25) is 4.52 Å². The van der Waals surface area contributed by atoms with Gasteiger partial charge in [-0.1, -0.05) is 0 Å². The van der Waals surface area contributed by atoms with Crippen LogP contribution in [-0.2, 0) is 13.8 Å². The lowest BCUT2D eigenvalue weighted by molar-refractivity contribution is -0.0501. The van der Waals surface area contributed by atoms with E-state index in [-0.39, 0.29) is 5.82 Å². The Morgan fingerprint density at radius 2 is 2.11 bits per heavy atom. The molecule has 6 N–H and O–H groups in total. The minimum absolute atomic E-state index is 0.249. The molecule has 150 valence electrons. The van der Waals surface area contributed by atoms with E-state index in [2.05, 4.69) is 14.5 Å². The number of fused-ring (bicyclic) bond motifs is 1. The lowest BCUT2D eigenvalue weighted by Gasteiger charge is -2.17. The second-order valence-electron chi connectivity index (χ2n) is 6.25. The molecule has 0 aliphatic carbocycles. The number of hydrogen-bond donors (Lipinski definition) is 5. The van der Waals surface area contributed by atoms with Crippen molar-refractivity contribution in [1.29, 1.82) is 0 Å². The minimum Gasteiger partial charge on any atom is -0.387 e. The number of anilines is 1. The van der Waals surface area contributed by atoms with Crippen LogP contribution in [0.25, 0.3) is 22.2 Å². The first kappa shape index (κ1) is 19.4. The molecule has 0 amide bonds. The van der Waals surface area contributed by atoms with Gasteiger partial charge >= 0.3 is 7.82 Å². The van der Waals surface area contributed by atoms with Crippen molar-refractivity contribution < 1.29 is 33.8 Å². The van der Waals surface area contributed by atoms with Crippen molar-refractivity contribution in [2.45, 2.75) is 24.5 Å². The van der Waals surface area contributed by atoms with Crippen LogP contribution in [0.2, 0.25) is 0 Å². The zero-order chi connectivity index (χ0) is 20.1. The average Bonchev–Trinajstić information content (AvgIpc) is 3.33. The van der Waals surface area contributed by atoms with Gasteiger partial charge in [0, 0.05) is 11.8 Å². The molecule has 1 saturated heterocycles. The molecule has 4 rings (SSSR count). The highest BCUT2D eigenvalue weighted by molar-refractivity contribution is 7.46. The van der Waals surface area contributed by atoms with E-state index >= 15 is 0 Å². The van der Waals surface area contributed by atoms with Crippen molar-refractivity contribution in [2.24, 2.45) is 0 Å². The highest BCUT2D eigenvalue weighted by Crippen LogP contribution is 2.41. The first-order valence-corrected chi connectivity index (χ1v) is 10.6. The van der Waals surface area contributed by atoms with Crippen LogP contribution in [0.4, 0.5) is 5.82 Å². The van der Waals surface area contributed by atoms with Gasteiger partial charge in [0.25, 0.3) is 0 Å². The van der Waals surface area contributed by atoms with E-state index in [9.17, 15) is 14.8 Å². The van der Waals surface area contributed by atoms with E-state index in [4.69, 9.17) is 20.3 Å². The summed E-state index contributed by atoms with van der Waals surface area (Å²) in [6.45, 7) is -0.591. The van der Waals surface area contributed by atoms with Crippen LogP contribution in [-0.4, -0.2) is 59.5 Å². The van der Waals surface area contributed by atoms with E-state index in [1.54, 1.807) is 6.20 Å². The summed E-state index contributed by atoms with van der Waals surface area (Å²) in [4.78, 5) is 26.0. The summed E-state index contributed by atoms with van der Waals surface area (Å²) in [6.07, 6.45) is -2.05. The first-order chi connectivity index (χ1) is 13.3. The van der Waals surface area contributed by atoms with Crippen LogP contribution in [0.15, 0.2) is 29.4 Å². The number of nitrogens with two attached hydrogens (primary N) is 1. The van der Waals surface area contributed by atoms with Crippen LogP contribution in [0.1, 0.15) is 6.23 Å². The number of ether oxygens (including phenoxy) is 1. The third-order valence-corrected chi connectivity index (χ3v) is 5.66. The maximum absolute atomic E-state index is 10.9. The molecule has 28 heavy (non-hydrogen) atoms. The Morgan fingerprint density at radius 3 is 2.79 bits per heavy atom. The van der Waals surface area contributed by atoms with Gasteiger partial charge < -0.3 is 35.0 Å². The highest BCUT2D eigenvalue weighted by atomic mass is 32.1. The van der Waals surface area contributed by atoms with Crippen molar-refractivity contribution in [3.63, 3.8) is 0 Å². The van der Waals surface area contributed by atoms with Gasteiger partial charge in [-0.05, 0) is 22.4 Å². The molecule has 3 aromatic heterocycles. The Morgan fingerprint density at radius 1 is 1.32 bits per heavy atom. The molecule has 0 bridgehead atoms. The van der Waals surface area contributed by atoms with Gasteiger partial charge in [0.2, 0.25) is 0 Å². The van der Waals surface area contributed by atoms with E-state index < -0.39 is 39.0 Å². The molecule has 1 aliphatic heterocycles. The smallest absolute Gasteiger partial charge is 0.387 e. The lowest BCUT2D eigenvalue weighted by Crippen LogP contribution is -2.33. The number of phosphoric ester groups is 1. The fourth-order valence-electron chi connectivity index (χ4n) is 3.21. The number of thiophene rings is 1. The summed E-state index contributed by atoms with van der Waals surface area (Å²) in [6, 6.07) is 1.90. The molecule has 4 heterocycles. The molecule has 1 aliphatic rings. The molecule has 0 radical (unpaired) electrons. The van der Waals surface area contributed by atoms with Crippen LogP contribution >= 0.6 is 19.2 Å². The number of aromatic nitrogens is 3. The van der Waals surface area contributed by atoms with Gasteiger partial charge in [0.15, 0.2) is 6.23 Å². The molecular formula is C15H17N4O7PS. The van der Waals surface area contributed by atoms with Crippen molar-refractivity contribution in [3.8, 4) is 11.1 Å². The fraction of sp³-hybridized carbons (Fsp3) is 0.333. The molecule has 4 atom stereocenters. The van der Waals surface area contributed by atoms with E-state index in [0.717, 1.165) is 11.1 Å². The topological polar surface area (TPSA) is 173 Å². The molecule has 11 nitrogen and oxygen atoms in total. The van der Waals surface area contributed by atoms with Gasteiger partial charge in [-0.15, -0.1) is 0 Å². The number of hydrogen-bond acceptors (Lipinski definition) is 9. The van der Waals surface area contributed by atoms with Crippen LogP contribution < -0.4 is 5.73 Å². The van der Waals surface area contributed by atoms with E-state index in [0.29, 0.717) is 11.0 Å². The molecule has 0 spiro atoms. The quantitative estimate of drug-likeness (QED) is 0.359. The molecule has 3 aromatic rings. The Kier molecular flexibility index (Phi) is 4.98. The Labute approximate surface area is 162 Å². The molecule has 13 heteroatoms. The van der Waals surface area contributed by atoms with Crippen molar-refractivity contribution >= 4 is 36.0 Å². The van der Waals surface area contributed by atoms with Crippen molar-refractivity contribution in [2.75, 3.05) is 12.3 Å². The Bertz CT molecular complexity index is 1040. The normalized spacial score (nSPS) is 25.6. The summed E-state index contributed by atoms with van der Waals surface area (Å²) in [5.41, 5.74) is 8.04. The number of phosphoric acid groups is 1. The van der Waals surface area contributed by atoms with E-state index in [1.807, 2.05) is 16.8 Å². The van der Waals surface area contributed by atoms with Crippen LogP contribution in [0, 0.1) is 0 Å². The SMILES string of the molecule is Nc1ncnc2c1c(-c1ccsc1)cn2[C@@H]1O[C@H](COP(=O)(O)O)[C@@H](O)[C@H]1O. The maximum atomic E-state index is 10.9. The van der Waals surface area contributed by atoms with Gasteiger partial charge in [0.05, 0.1) is 12.0 Å². The largest absolute Gasteiger partial charge is 0.469 e. The Hall–Kier alpha value is -1.89. The molecule has 0 aromatic carbocycles. The fourth-order valence-corrected chi connectivity index (χ4v) is 4.20. The summed E-state index contributed by atoms with van der Waals surface area (Å²) in [7, 11) is -4.75. The standard InChI is InChI=1S/C15H17N4O7PS/c16-13-10-8(7-1-2-28-5-7)3-19(14(10)18-6-17-13)15-12(21)11(20)9(26-15)4-25-27(22,23)24/h1-3,5-6,9,11-12,15,20-21H,4H2,(H2,16,17,18)(H2,22,23,24)/t9-,11-,12-,15-/m1/s1. The molecule has 0 unspecified atom stereocenters. The van der Waals surface area contributed by atoms with Gasteiger partial charge in [-0.25, -0.2) is 14.5 Å². The summed E-state index contributed by atoms with van der Waals surface area (Å²) in [5, 5.41) is 25.1. The number of aliphatic hydroxyl groups excluding tert-OH is 2.